The second-order valence-electron chi connectivity index (χ2n) is 8.65. The Balaban J connectivity index is 1.49. The molecule has 1 saturated heterocycles. The molecule has 1 unspecified atom stereocenters. The summed E-state index contributed by atoms with van der Waals surface area (Å²) in [4.78, 5) is 20.8. The van der Waals surface area contributed by atoms with Crippen molar-refractivity contribution in [3.8, 4) is 5.75 Å². The maximum Gasteiger partial charge on any atom is 0.223 e. The molecule has 0 spiro atoms. The molecule has 168 valence electrons. The minimum Gasteiger partial charge on any atom is -0.491 e. The number of nitrogens with zero attached hydrogens (tertiary/aromatic N) is 3. The minimum atomic E-state index is -1.04. The fraction of sp³-hybridized carbons (Fsp3) is 0.500. The predicted octanol–water partition coefficient (Wildman–Crippen LogP) is 3.61. The number of carbonyl (C=O) groups is 1. The van der Waals surface area contributed by atoms with Crippen LogP contribution in [0.5, 0.6) is 5.75 Å². The zero-order chi connectivity index (χ0) is 22.4. The van der Waals surface area contributed by atoms with E-state index in [1.807, 2.05) is 51.4 Å². The van der Waals surface area contributed by atoms with Crippen LogP contribution >= 0.6 is 11.6 Å². The van der Waals surface area contributed by atoms with Crippen molar-refractivity contribution in [3.63, 3.8) is 0 Å². The van der Waals surface area contributed by atoms with Crippen LogP contribution in [0.1, 0.15) is 36.0 Å². The third kappa shape index (κ3) is 6.66. The zero-order valence-corrected chi connectivity index (χ0v) is 19.4. The van der Waals surface area contributed by atoms with Gasteiger partial charge in [0.2, 0.25) is 5.91 Å². The molecule has 0 bridgehead atoms. The van der Waals surface area contributed by atoms with Crippen LogP contribution in [0.25, 0.3) is 0 Å². The molecule has 1 amide bonds. The monoisotopic (exact) mass is 445 g/mol. The molecule has 1 aromatic heterocycles. The lowest BCUT2D eigenvalue weighted by molar-refractivity contribution is -0.140. The number of hydrogen-bond donors (Lipinski definition) is 1. The van der Waals surface area contributed by atoms with Gasteiger partial charge >= 0.3 is 0 Å². The van der Waals surface area contributed by atoms with Gasteiger partial charge < -0.3 is 19.6 Å². The Labute approximate surface area is 189 Å². The molecule has 31 heavy (non-hydrogen) atoms. The van der Waals surface area contributed by atoms with Crippen molar-refractivity contribution in [1.82, 2.24) is 14.8 Å². The summed E-state index contributed by atoms with van der Waals surface area (Å²) in [5.41, 5.74) is 1.96. The first kappa shape index (κ1) is 23.5. The number of aliphatic hydroxyl groups is 1. The molecule has 1 aliphatic rings. The van der Waals surface area contributed by atoms with Gasteiger partial charge in [-0.15, -0.1) is 0 Å². The number of aromatic nitrogens is 1. The normalized spacial score (nSPS) is 19.0. The summed E-state index contributed by atoms with van der Waals surface area (Å²) in [6, 6.07) is 7.70. The fourth-order valence-electron chi connectivity index (χ4n) is 3.98. The van der Waals surface area contributed by atoms with Gasteiger partial charge in [0, 0.05) is 43.5 Å². The molecular weight excluding hydrogens is 414 g/mol. The van der Waals surface area contributed by atoms with Crippen LogP contribution in [0.15, 0.2) is 36.7 Å². The Morgan fingerprint density at radius 2 is 2.10 bits per heavy atom. The van der Waals surface area contributed by atoms with Gasteiger partial charge in [-0.3, -0.25) is 9.78 Å². The number of hydrogen-bond acceptors (Lipinski definition) is 5. The van der Waals surface area contributed by atoms with Gasteiger partial charge in [-0.25, -0.2) is 0 Å². The number of carbonyl (C=O) groups excluding carboxylic acids is 1. The van der Waals surface area contributed by atoms with Gasteiger partial charge in [-0.05, 0) is 68.6 Å². The number of β-amino-alcohol motifs (C(OH)–C–C–N with tert-alkyl or cyclic N) is 1. The highest BCUT2D eigenvalue weighted by Gasteiger charge is 2.36. The molecule has 2 heterocycles. The van der Waals surface area contributed by atoms with Gasteiger partial charge in [0.25, 0.3) is 0 Å². The topological polar surface area (TPSA) is 65.9 Å². The van der Waals surface area contributed by atoms with Gasteiger partial charge in [0.15, 0.2) is 0 Å². The maximum absolute atomic E-state index is 12.8. The van der Waals surface area contributed by atoms with E-state index in [1.165, 1.54) is 0 Å². The Kier molecular flexibility index (Phi) is 7.92. The summed E-state index contributed by atoms with van der Waals surface area (Å²) in [6.07, 6.45) is 5.39. The van der Waals surface area contributed by atoms with E-state index in [1.54, 1.807) is 11.1 Å². The van der Waals surface area contributed by atoms with Crippen molar-refractivity contribution in [2.75, 3.05) is 33.3 Å². The van der Waals surface area contributed by atoms with Crippen LogP contribution in [0.2, 0.25) is 5.02 Å². The summed E-state index contributed by atoms with van der Waals surface area (Å²) in [6.45, 7) is 6.39. The maximum atomic E-state index is 12.8. The number of likely N-dealkylation sites (tertiary alicyclic amines) is 1. The molecule has 1 atom stereocenters. The van der Waals surface area contributed by atoms with Crippen molar-refractivity contribution in [2.45, 2.75) is 45.3 Å². The highest BCUT2D eigenvalue weighted by Crippen LogP contribution is 2.28. The molecule has 1 N–H and O–H groups in total. The Hall–Kier alpha value is -2.15. The van der Waals surface area contributed by atoms with Gasteiger partial charge in [0.1, 0.15) is 18.0 Å². The first-order valence-electron chi connectivity index (χ1n) is 10.7. The third-order valence-corrected chi connectivity index (χ3v) is 6.30. The highest BCUT2D eigenvalue weighted by atomic mass is 35.5. The molecule has 1 aliphatic heterocycles. The zero-order valence-electron chi connectivity index (χ0n) is 18.6. The van der Waals surface area contributed by atoms with Crippen LogP contribution < -0.4 is 4.74 Å². The van der Waals surface area contributed by atoms with Crippen molar-refractivity contribution in [3.05, 3.63) is 58.4 Å². The van der Waals surface area contributed by atoms with Crippen molar-refractivity contribution >= 4 is 17.5 Å². The molecule has 6 nitrogen and oxygen atoms in total. The lowest BCUT2D eigenvalue weighted by Gasteiger charge is -2.39. The quantitative estimate of drug-likeness (QED) is 0.672. The smallest absolute Gasteiger partial charge is 0.223 e. The van der Waals surface area contributed by atoms with Gasteiger partial charge in [-0.1, -0.05) is 17.7 Å². The molecule has 0 saturated carbocycles. The molecule has 0 radical (unpaired) electrons. The second kappa shape index (κ2) is 10.4. The largest absolute Gasteiger partial charge is 0.491 e. The lowest BCUT2D eigenvalue weighted by Crippen LogP contribution is -2.53. The fourth-order valence-corrected chi connectivity index (χ4v) is 4.09. The van der Waals surface area contributed by atoms with E-state index in [9.17, 15) is 9.90 Å². The van der Waals surface area contributed by atoms with E-state index in [0.29, 0.717) is 38.2 Å². The predicted molar refractivity (Wildman–Crippen MR) is 122 cm³/mol. The Bertz CT molecular complexity index is 870. The number of pyridine rings is 1. The lowest BCUT2D eigenvalue weighted by atomic mass is 9.93. The molecule has 1 aromatic carbocycles. The summed E-state index contributed by atoms with van der Waals surface area (Å²) in [5.74, 6) is 0.752. The first-order valence-corrected chi connectivity index (χ1v) is 11.1. The first-order chi connectivity index (χ1) is 14.8. The molecule has 3 rings (SSSR count). The van der Waals surface area contributed by atoms with Crippen LogP contribution in [0, 0.1) is 13.8 Å². The number of ether oxygens (including phenoxy) is 1. The number of piperidine rings is 1. The summed E-state index contributed by atoms with van der Waals surface area (Å²) >= 11 is 6.22. The Morgan fingerprint density at radius 3 is 2.77 bits per heavy atom. The standard InChI is InChI=1S/C24H32ClN3O3/c1-18-12-21(13-19(2)23(18)25)31-17-24(30)8-5-10-28(16-24)22(29)7-11-27(3)15-20-6-4-9-26-14-20/h4,6,9,12-14,30H,5,7-8,10-11,15-17H2,1-3H3. The SMILES string of the molecule is Cc1cc(OCC2(O)CCCN(C(=O)CCN(C)Cc3cccnc3)C2)cc(C)c1Cl. The van der Waals surface area contributed by atoms with E-state index in [2.05, 4.69) is 9.88 Å². The molecule has 2 aromatic rings. The van der Waals surface area contributed by atoms with E-state index in [4.69, 9.17) is 16.3 Å². The number of halogens is 1. The van der Waals surface area contributed by atoms with Crippen LogP contribution in [0.4, 0.5) is 0 Å². The van der Waals surface area contributed by atoms with Crippen molar-refractivity contribution < 1.29 is 14.6 Å². The van der Waals surface area contributed by atoms with E-state index in [0.717, 1.165) is 34.7 Å². The van der Waals surface area contributed by atoms with E-state index < -0.39 is 5.60 Å². The minimum absolute atomic E-state index is 0.0642. The molecule has 1 fully saturated rings. The van der Waals surface area contributed by atoms with E-state index in [-0.39, 0.29) is 12.5 Å². The average molecular weight is 446 g/mol. The molecule has 7 heteroatoms. The van der Waals surface area contributed by atoms with Crippen molar-refractivity contribution in [2.24, 2.45) is 0 Å². The van der Waals surface area contributed by atoms with Crippen molar-refractivity contribution in [1.29, 1.82) is 0 Å². The van der Waals surface area contributed by atoms with Crippen LogP contribution in [-0.4, -0.2) is 64.7 Å². The summed E-state index contributed by atoms with van der Waals surface area (Å²) in [7, 11) is 2.00. The Morgan fingerprint density at radius 1 is 1.35 bits per heavy atom. The van der Waals surface area contributed by atoms with Crippen LogP contribution in [-0.2, 0) is 11.3 Å². The van der Waals surface area contributed by atoms with Crippen LogP contribution in [0.3, 0.4) is 0 Å². The molecule has 0 aliphatic carbocycles. The average Bonchev–Trinajstić information content (AvgIpc) is 2.75. The number of rotatable bonds is 8. The summed E-state index contributed by atoms with van der Waals surface area (Å²) in [5, 5.41) is 11.8. The number of amides is 1. The number of benzene rings is 1. The van der Waals surface area contributed by atoms with Gasteiger partial charge in [-0.2, -0.15) is 0 Å². The summed E-state index contributed by atoms with van der Waals surface area (Å²) < 4.78 is 5.90. The highest BCUT2D eigenvalue weighted by molar-refractivity contribution is 6.32. The van der Waals surface area contributed by atoms with E-state index >= 15 is 0 Å². The second-order valence-corrected chi connectivity index (χ2v) is 9.03. The van der Waals surface area contributed by atoms with Gasteiger partial charge in [0.05, 0.1) is 6.54 Å². The third-order valence-electron chi connectivity index (χ3n) is 5.71. The number of aryl methyl sites for hydroxylation is 2. The molecular formula is C24H32ClN3O3.